The first-order chi connectivity index (χ1) is 10.5. The zero-order valence-corrected chi connectivity index (χ0v) is 12.6. The number of halogens is 1. The molecule has 1 amide bonds. The van der Waals surface area contributed by atoms with E-state index >= 15 is 0 Å². The van der Waals surface area contributed by atoms with Crippen LogP contribution in [0.2, 0.25) is 0 Å². The number of nitrogens with one attached hydrogen (secondary N) is 1. The molecule has 2 rings (SSSR count). The number of carbonyl (C=O) groups excluding carboxylic acids is 2. The van der Waals surface area contributed by atoms with Gasteiger partial charge in [-0.3, -0.25) is 9.59 Å². The van der Waals surface area contributed by atoms with Crippen molar-refractivity contribution in [1.82, 2.24) is 5.32 Å². The molecule has 1 N–H and O–H groups in total. The van der Waals surface area contributed by atoms with Gasteiger partial charge < -0.3 is 10.1 Å². The molecule has 22 heavy (non-hydrogen) atoms. The number of thioether (sulfide) groups is 1. The molecule has 1 saturated heterocycles. The number of rotatable bonds is 5. The van der Waals surface area contributed by atoms with Gasteiger partial charge in [-0.1, -0.05) is 23.9 Å². The van der Waals surface area contributed by atoms with E-state index < -0.39 is 0 Å². The van der Waals surface area contributed by atoms with E-state index in [0.29, 0.717) is 17.2 Å². The maximum Gasteiger partial charge on any atom is 0.302 e. The largest absolute Gasteiger partial charge is 0.466 e. The number of amides is 1. The van der Waals surface area contributed by atoms with Gasteiger partial charge in [0.2, 0.25) is 5.91 Å². The van der Waals surface area contributed by atoms with Crippen molar-refractivity contribution >= 4 is 35.0 Å². The van der Waals surface area contributed by atoms with Crippen LogP contribution in [0.15, 0.2) is 34.5 Å². The minimum Gasteiger partial charge on any atom is -0.466 e. The van der Waals surface area contributed by atoms with E-state index in [4.69, 9.17) is 4.74 Å². The van der Waals surface area contributed by atoms with Gasteiger partial charge >= 0.3 is 5.97 Å². The summed E-state index contributed by atoms with van der Waals surface area (Å²) in [6.45, 7) is 1.51. The number of esters is 1. The zero-order chi connectivity index (χ0) is 15.9. The first kappa shape index (κ1) is 16.2. The van der Waals surface area contributed by atoms with Gasteiger partial charge in [-0.05, 0) is 17.7 Å². The highest BCUT2D eigenvalue weighted by Gasteiger charge is 2.30. The van der Waals surface area contributed by atoms with E-state index in [-0.39, 0.29) is 29.6 Å². The molecule has 1 fully saturated rings. The van der Waals surface area contributed by atoms with Crippen LogP contribution in [-0.4, -0.2) is 35.1 Å². The van der Waals surface area contributed by atoms with E-state index in [1.165, 1.54) is 37.0 Å². The van der Waals surface area contributed by atoms with Crippen LogP contribution in [0.25, 0.3) is 0 Å². The van der Waals surface area contributed by atoms with Gasteiger partial charge in [0.15, 0.2) is 5.17 Å². The van der Waals surface area contributed by atoms with Crippen LogP contribution in [0.3, 0.4) is 0 Å². The quantitative estimate of drug-likeness (QED) is 0.508. The van der Waals surface area contributed by atoms with Crippen molar-refractivity contribution in [2.75, 3.05) is 6.61 Å². The molecule has 1 atom stereocenters. The summed E-state index contributed by atoms with van der Waals surface area (Å²) in [5, 5.41) is 10.4. The Bertz CT molecular complexity index is 616. The van der Waals surface area contributed by atoms with Gasteiger partial charge in [0.25, 0.3) is 0 Å². The lowest BCUT2D eigenvalue weighted by atomic mass is 10.2. The Morgan fingerprint density at radius 3 is 2.86 bits per heavy atom. The lowest BCUT2D eigenvalue weighted by Crippen LogP contribution is -2.25. The fraction of sp³-hybridized carbons (Fsp3) is 0.286. The number of hydrogen-bond acceptors (Lipinski definition) is 6. The summed E-state index contributed by atoms with van der Waals surface area (Å²) in [6, 6.07) is 5.79. The zero-order valence-electron chi connectivity index (χ0n) is 11.8. The fourth-order valence-electron chi connectivity index (χ4n) is 1.65. The van der Waals surface area contributed by atoms with Crippen molar-refractivity contribution in [3.63, 3.8) is 0 Å². The van der Waals surface area contributed by atoms with Gasteiger partial charge in [-0.2, -0.15) is 5.10 Å². The second-order valence-corrected chi connectivity index (χ2v) is 5.62. The number of hydrogen-bond donors (Lipinski definition) is 1. The maximum absolute atomic E-state index is 12.7. The molecule has 0 saturated carbocycles. The maximum atomic E-state index is 12.7. The van der Waals surface area contributed by atoms with Crippen LogP contribution >= 0.6 is 11.8 Å². The smallest absolute Gasteiger partial charge is 0.302 e. The molecule has 0 bridgehead atoms. The Kier molecular flexibility index (Phi) is 5.65. The van der Waals surface area contributed by atoms with Crippen molar-refractivity contribution in [3.05, 3.63) is 35.6 Å². The second kappa shape index (κ2) is 7.69. The number of carbonyl (C=O) groups is 2. The molecule has 116 valence electrons. The monoisotopic (exact) mass is 323 g/mol. The molecule has 0 radical (unpaired) electrons. The summed E-state index contributed by atoms with van der Waals surface area (Å²) in [4.78, 5) is 22.3. The molecule has 1 aromatic carbocycles. The van der Waals surface area contributed by atoms with Crippen LogP contribution < -0.4 is 5.32 Å². The van der Waals surface area contributed by atoms with Crippen molar-refractivity contribution in [2.24, 2.45) is 10.2 Å². The predicted octanol–water partition coefficient (Wildman–Crippen LogP) is 1.70. The minimum atomic E-state index is -0.374. The topological polar surface area (TPSA) is 80.1 Å². The lowest BCUT2D eigenvalue weighted by Gasteiger charge is -2.04. The Balaban J connectivity index is 1.86. The highest BCUT2D eigenvalue weighted by atomic mass is 32.2. The first-order valence-corrected chi connectivity index (χ1v) is 7.40. The van der Waals surface area contributed by atoms with Gasteiger partial charge in [-0.15, -0.1) is 5.10 Å². The van der Waals surface area contributed by atoms with E-state index in [1.54, 1.807) is 12.1 Å². The molecule has 0 aliphatic carbocycles. The van der Waals surface area contributed by atoms with Gasteiger partial charge in [0, 0.05) is 13.3 Å². The SMILES string of the molecule is CC(=O)OCCC1S/C(=N/N=C/c2ccc(F)cc2)NC1=O. The number of amidine groups is 1. The standard InChI is InChI=1S/C14H14FN3O3S/c1-9(19)21-7-6-12-13(20)17-14(22-12)18-16-8-10-2-4-11(15)5-3-10/h2-5,8,12H,6-7H2,1H3,(H,17,18,20)/b16-8+. The highest BCUT2D eigenvalue weighted by Crippen LogP contribution is 2.22. The van der Waals surface area contributed by atoms with Crippen molar-refractivity contribution in [2.45, 2.75) is 18.6 Å². The highest BCUT2D eigenvalue weighted by molar-refractivity contribution is 8.15. The fourth-order valence-corrected chi connectivity index (χ4v) is 2.55. The van der Waals surface area contributed by atoms with E-state index in [0.717, 1.165) is 0 Å². The summed E-state index contributed by atoms with van der Waals surface area (Å²) in [6.07, 6.45) is 1.88. The summed E-state index contributed by atoms with van der Waals surface area (Å²) in [5.41, 5.74) is 0.700. The van der Waals surface area contributed by atoms with E-state index in [9.17, 15) is 14.0 Å². The van der Waals surface area contributed by atoms with Crippen LogP contribution in [0.1, 0.15) is 18.9 Å². The van der Waals surface area contributed by atoms with Gasteiger partial charge in [0.05, 0.1) is 18.1 Å². The summed E-state index contributed by atoms with van der Waals surface area (Å²) in [7, 11) is 0. The van der Waals surface area contributed by atoms with Crippen molar-refractivity contribution in [1.29, 1.82) is 0 Å². The normalized spacial score (nSPS) is 19.6. The van der Waals surface area contributed by atoms with Crippen molar-refractivity contribution < 1.29 is 18.7 Å². The molecule has 8 heteroatoms. The number of ether oxygens (including phenoxy) is 1. The Morgan fingerprint density at radius 1 is 1.45 bits per heavy atom. The molecule has 0 spiro atoms. The molecule has 1 unspecified atom stereocenters. The van der Waals surface area contributed by atoms with Crippen molar-refractivity contribution in [3.8, 4) is 0 Å². The molecule has 1 aliphatic heterocycles. The van der Waals surface area contributed by atoms with Gasteiger partial charge in [0.1, 0.15) is 5.82 Å². The van der Waals surface area contributed by atoms with Crippen LogP contribution in [0.5, 0.6) is 0 Å². The molecule has 1 heterocycles. The summed E-state index contributed by atoms with van der Waals surface area (Å²) >= 11 is 1.23. The molecular formula is C14H14FN3O3S. The third-order valence-electron chi connectivity index (χ3n) is 2.69. The van der Waals surface area contributed by atoms with Gasteiger partial charge in [-0.25, -0.2) is 4.39 Å². The molecule has 1 aliphatic rings. The third kappa shape index (κ3) is 4.96. The Hall–Kier alpha value is -2.22. The molecule has 0 aromatic heterocycles. The number of nitrogens with zero attached hydrogens (tertiary/aromatic N) is 2. The van der Waals surface area contributed by atoms with E-state index in [2.05, 4.69) is 15.5 Å². The molecular weight excluding hydrogens is 309 g/mol. The second-order valence-electron chi connectivity index (χ2n) is 4.43. The van der Waals surface area contributed by atoms with Crippen LogP contribution in [0.4, 0.5) is 4.39 Å². The predicted molar refractivity (Wildman–Crippen MR) is 82.2 cm³/mol. The third-order valence-corrected chi connectivity index (χ3v) is 3.83. The average Bonchev–Trinajstić information content (AvgIpc) is 2.81. The number of benzene rings is 1. The summed E-state index contributed by atoms with van der Waals surface area (Å²) < 4.78 is 17.5. The minimum absolute atomic E-state index is 0.187. The molecule has 6 nitrogen and oxygen atoms in total. The summed E-state index contributed by atoms with van der Waals surface area (Å²) in [5.74, 6) is -0.883. The lowest BCUT2D eigenvalue weighted by molar-refractivity contribution is -0.141. The first-order valence-electron chi connectivity index (χ1n) is 6.52. The van der Waals surface area contributed by atoms with E-state index in [1.807, 2.05) is 0 Å². The van der Waals surface area contributed by atoms with Crippen LogP contribution in [0, 0.1) is 5.82 Å². The Morgan fingerprint density at radius 2 is 2.18 bits per heavy atom. The molecule has 1 aromatic rings. The van der Waals surface area contributed by atoms with Crippen LogP contribution in [-0.2, 0) is 14.3 Å². The Labute approximate surface area is 130 Å². The average molecular weight is 323 g/mol.